The fraction of sp³-hybridized carbons (Fsp3) is 0.286. The van der Waals surface area contributed by atoms with Crippen molar-refractivity contribution in [2.45, 2.75) is 24.7 Å². The van der Waals surface area contributed by atoms with Gasteiger partial charge in [0, 0.05) is 23.7 Å². The molecule has 0 spiro atoms. The van der Waals surface area contributed by atoms with Gasteiger partial charge in [-0.1, -0.05) is 24.6 Å². The van der Waals surface area contributed by atoms with E-state index in [0.29, 0.717) is 24.1 Å². The predicted octanol–water partition coefficient (Wildman–Crippen LogP) is 3.23. The third kappa shape index (κ3) is 4.86. The van der Waals surface area contributed by atoms with Crippen molar-refractivity contribution in [1.82, 2.24) is 19.5 Å². The summed E-state index contributed by atoms with van der Waals surface area (Å²) < 4.78 is 39.3. The van der Waals surface area contributed by atoms with Crippen LogP contribution in [0.2, 0.25) is 5.15 Å². The van der Waals surface area contributed by atoms with Gasteiger partial charge in [0.1, 0.15) is 10.9 Å². The molecule has 11 heteroatoms. The first-order valence-electron chi connectivity index (χ1n) is 9.76. The van der Waals surface area contributed by atoms with Crippen molar-refractivity contribution in [1.29, 1.82) is 0 Å². The summed E-state index contributed by atoms with van der Waals surface area (Å²) in [4.78, 5) is 16.6. The van der Waals surface area contributed by atoms with Crippen LogP contribution in [0.1, 0.15) is 30.1 Å². The van der Waals surface area contributed by atoms with Gasteiger partial charge in [0.05, 0.1) is 24.2 Å². The van der Waals surface area contributed by atoms with E-state index < -0.39 is 15.9 Å². The monoisotopic (exact) mass is 476 g/mol. The molecular weight excluding hydrogens is 456 g/mol. The van der Waals surface area contributed by atoms with Gasteiger partial charge >= 0.3 is 0 Å². The summed E-state index contributed by atoms with van der Waals surface area (Å²) in [6.07, 6.45) is 3.94. The van der Waals surface area contributed by atoms with Gasteiger partial charge in [0.15, 0.2) is 5.82 Å². The number of amides is 1. The van der Waals surface area contributed by atoms with Gasteiger partial charge in [-0.2, -0.15) is 0 Å². The Labute approximate surface area is 190 Å². The minimum atomic E-state index is -4.13. The molecule has 1 aliphatic rings. The third-order valence-corrected chi connectivity index (χ3v) is 6.75. The average molecular weight is 477 g/mol. The molecule has 0 aliphatic heterocycles. The van der Waals surface area contributed by atoms with Gasteiger partial charge < -0.3 is 9.47 Å². The van der Waals surface area contributed by atoms with Crippen molar-refractivity contribution in [2.24, 2.45) is 5.41 Å². The maximum Gasteiger partial charge on any atom is 0.268 e. The van der Waals surface area contributed by atoms with E-state index in [4.69, 9.17) is 21.1 Å². The molecule has 1 fully saturated rings. The fourth-order valence-corrected chi connectivity index (χ4v) is 4.08. The lowest BCUT2D eigenvalue weighted by molar-refractivity contribution is 0.0981. The quantitative estimate of drug-likeness (QED) is 0.496. The lowest BCUT2D eigenvalue weighted by Crippen LogP contribution is -2.31. The number of benzene rings is 1. The zero-order chi connectivity index (χ0) is 22.9. The van der Waals surface area contributed by atoms with Crippen LogP contribution in [-0.4, -0.2) is 42.8 Å². The molecule has 0 atom stereocenters. The van der Waals surface area contributed by atoms with E-state index in [0.717, 1.165) is 12.8 Å². The Morgan fingerprint density at radius 1 is 1.25 bits per heavy atom. The number of nitrogens with zero attached hydrogens (tertiary/aromatic N) is 3. The highest BCUT2D eigenvalue weighted by molar-refractivity contribution is 7.90. The van der Waals surface area contributed by atoms with Crippen LogP contribution in [0, 0.1) is 5.41 Å². The van der Waals surface area contributed by atoms with Crippen molar-refractivity contribution in [2.75, 3.05) is 13.7 Å². The van der Waals surface area contributed by atoms with Crippen LogP contribution >= 0.6 is 11.6 Å². The Kier molecular flexibility index (Phi) is 5.83. The molecule has 0 radical (unpaired) electrons. The van der Waals surface area contributed by atoms with Crippen LogP contribution in [0.4, 0.5) is 0 Å². The average Bonchev–Trinajstić information content (AvgIpc) is 3.31. The van der Waals surface area contributed by atoms with E-state index in [-0.39, 0.29) is 21.0 Å². The highest BCUT2D eigenvalue weighted by Gasteiger charge is 2.38. The van der Waals surface area contributed by atoms with E-state index in [1.807, 2.05) is 4.72 Å². The zero-order valence-electron chi connectivity index (χ0n) is 17.4. The van der Waals surface area contributed by atoms with Crippen LogP contribution in [0.3, 0.4) is 0 Å². The lowest BCUT2D eigenvalue weighted by Gasteiger charge is -2.10. The van der Waals surface area contributed by atoms with E-state index in [9.17, 15) is 13.2 Å². The second kappa shape index (κ2) is 8.44. The second-order valence-electron chi connectivity index (χ2n) is 7.82. The molecule has 2 heterocycles. The number of aromatic nitrogens is 3. The minimum absolute atomic E-state index is 0.0906. The van der Waals surface area contributed by atoms with Gasteiger partial charge in [-0.05, 0) is 37.1 Å². The number of rotatable bonds is 8. The molecule has 2 aromatic heterocycles. The second-order valence-corrected chi connectivity index (χ2v) is 9.86. The Morgan fingerprint density at radius 3 is 2.72 bits per heavy atom. The van der Waals surface area contributed by atoms with Crippen LogP contribution in [0.25, 0.3) is 5.82 Å². The Morgan fingerprint density at radius 2 is 2.03 bits per heavy atom. The maximum atomic E-state index is 12.6. The molecular formula is C21H21ClN4O5S. The number of methoxy groups -OCH3 is 1. The van der Waals surface area contributed by atoms with Crippen molar-refractivity contribution >= 4 is 27.5 Å². The summed E-state index contributed by atoms with van der Waals surface area (Å²) in [7, 11) is -2.71. The summed E-state index contributed by atoms with van der Waals surface area (Å²) in [6.45, 7) is 2.75. The number of carbonyl (C=O) groups is 1. The molecule has 1 N–H and O–H groups in total. The molecule has 1 saturated carbocycles. The highest BCUT2D eigenvalue weighted by Crippen LogP contribution is 2.44. The Balaban J connectivity index is 1.48. The first kappa shape index (κ1) is 22.1. The van der Waals surface area contributed by atoms with Crippen LogP contribution in [-0.2, 0) is 10.0 Å². The number of hydrogen-bond acceptors (Lipinski definition) is 7. The summed E-state index contributed by atoms with van der Waals surface area (Å²) in [5.41, 5.74) is 0.137. The molecule has 3 aromatic rings. The van der Waals surface area contributed by atoms with Gasteiger partial charge in [-0.3, -0.25) is 4.79 Å². The third-order valence-electron chi connectivity index (χ3n) is 5.13. The standard InChI is InChI=1S/C21H21ClN4O5S/c1-21(9-10-21)13-31-18-8-11-26(24-18)17-7-6-16(19(22)23-17)20(27)25-32(28,29)15-5-3-4-14(12-15)30-2/h3-8,11-12H,9-10,13H2,1-2H3,(H,25,27). The molecule has 0 unspecified atom stereocenters. The largest absolute Gasteiger partial charge is 0.497 e. The number of ether oxygens (including phenoxy) is 2. The first-order chi connectivity index (χ1) is 15.2. The normalized spacial score (nSPS) is 14.6. The molecule has 4 rings (SSSR count). The first-order valence-corrected chi connectivity index (χ1v) is 11.6. The zero-order valence-corrected chi connectivity index (χ0v) is 19.0. The molecule has 1 aliphatic carbocycles. The molecule has 168 valence electrons. The summed E-state index contributed by atoms with van der Waals surface area (Å²) in [6, 6.07) is 10.4. The number of sulfonamides is 1. The highest BCUT2D eigenvalue weighted by atomic mass is 35.5. The number of carbonyl (C=O) groups excluding carboxylic acids is 1. The SMILES string of the molecule is COc1cccc(S(=O)(=O)NC(=O)c2ccc(-n3ccc(OCC4(C)CC4)n3)nc2Cl)c1. The van der Waals surface area contributed by atoms with Gasteiger partial charge in [0.2, 0.25) is 5.88 Å². The molecule has 9 nitrogen and oxygen atoms in total. The summed E-state index contributed by atoms with van der Waals surface area (Å²) in [5.74, 6) is 0.258. The number of halogens is 1. The molecule has 0 saturated heterocycles. The molecule has 0 bridgehead atoms. The van der Waals surface area contributed by atoms with E-state index in [2.05, 4.69) is 17.0 Å². The van der Waals surface area contributed by atoms with Gasteiger partial charge in [-0.25, -0.2) is 22.8 Å². The number of pyridine rings is 1. The summed E-state index contributed by atoms with van der Waals surface area (Å²) in [5, 5.41) is 4.14. The van der Waals surface area contributed by atoms with Crippen molar-refractivity contribution < 1.29 is 22.7 Å². The number of hydrogen-bond donors (Lipinski definition) is 1. The van der Waals surface area contributed by atoms with Crippen LogP contribution < -0.4 is 14.2 Å². The predicted molar refractivity (Wildman–Crippen MR) is 117 cm³/mol. The van der Waals surface area contributed by atoms with Crippen LogP contribution in [0.5, 0.6) is 11.6 Å². The smallest absolute Gasteiger partial charge is 0.268 e. The van der Waals surface area contributed by atoms with Crippen LogP contribution in [0.15, 0.2) is 53.6 Å². The topological polar surface area (TPSA) is 112 Å². The van der Waals surface area contributed by atoms with Crippen molar-refractivity contribution in [3.63, 3.8) is 0 Å². The van der Waals surface area contributed by atoms with E-state index in [1.54, 1.807) is 18.3 Å². The molecule has 1 amide bonds. The number of nitrogens with one attached hydrogen (secondary N) is 1. The maximum absolute atomic E-state index is 12.6. The Hall–Kier alpha value is -3.11. The van der Waals surface area contributed by atoms with Gasteiger partial charge in [0.25, 0.3) is 15.9 Å². The van der Waals surface area contributed by atoms with Crippen molar-refractivity contribution in [3.05, 3.63) is 59.4 Å². The summed E-state index contributed by atoms with van der Waals surface area (Å²) >= 11 is 6.17. The van der Waals surface area contributed by atoms with Gasteiger partial charge in [-0.15, -0.1) is 5.10 Å². The fourth-order valence-electron chi connectivity index (χ4n) is 2.84. The molecule has 1 aromatic carbocycles. The van der Waals surface area contributed by atoms with E-state index >= 15 is 0 Å². The van der Waals surface area contributed by atoms with Crippen molar-refractivity contribution in [3.8, 4) is 17.4 Å². The van der Waals surface area contributed by atoms with E-state index in [1.165, 1.54) is 42.1 Å². The minimum Gasteiger partial charge on any atom is -0.497 e. The Bertz CT molecular complexity index is 1270. The molecule has 32 heavy (non-hydrogen) atoms. The lowest BCUT2D eigenvalue weighted by atomic mass is 10.2.